The number of piperidine rings is 1. The van der Waals surface area contributed by atoms with Gasteiger partial charge in [0.2, 0.25) is 15.9 Å². The van der Waals surface area contributed by atoms with Gasteiger partial charge in [0.25, 0.3) is 0 Å². The van der Waals surface area contributed by atoms with E-state index in [-0.39, 0.29) is 11.8 Å². The Hall–Kier alpha value is -2.18. The number of anilines is 1. The van der Waals surface area contributed by atoms with E-state index in [0.717, 1.165) is 28.8 Å². The molecule has 6 heteroatoms. The summed E-state index contributed by atoms with van der Waals surface area (Å²) in [5.41, 5.74) is 4.18. The standard InChI is InChI=1S/C24H32N2O3S/c1-5-19-8-6-7-18(4)23(19)25-24(27)21-13-15-26(16-14-21)30(28,29)22-11-9-20(10-12-22)17(2)3/h6-12,17,21H,5,13-16H2,1-4H3,(H,25,27). The number of nitrogens with one attached hydrogen (secondary N) is 1. The maximum Gasteiger partial charge on any atom is 0.243 e. The molecular weight excluding hydrogens is 396 g/mol. The number of carbonyl (C=O) groups excluding carboxylic acids is 1. The lowest BCUT2D eigenvalue weighted by Crippen LogP contribution is -2.41. The van der Waals surface area contributed by atoms with Gasteiger partial charge >= 0.3 is 0 Å². The molecule has 2 aromatic carbocycles. The Morgan fingerprint density at radius 2 is 1.73 bits per heavy atom. The van der Waals surface area contributed by atoms with Gasteiger partial charge in [0.05, 0.1) is 4.90 Å². The monoisotopic (exact) mass is 428 g/mol. The third kappa shape index (κ3) is 4.76. The predicted molar refractivity (Wildman–Crippen MR) is 121 cm³/mol. The summed E-state index contributed by atoms with van der Waals surface area (Å²) in [6.07, 6.45) is 1.91. The van der Waals surface area contributed by atoms with E-state index in [1.165, 1.54) is 4.31 Å². The molecule has 1 aliphatic rings. The van der Waals surface area contributed by atoms with E-state index in [4.69, 9.17) is 0 Å². The Morgan fingerprint density at radius 3 is 2.30 bits per heavy atom. The van der Waals surface area contributed by atoms with Gasteiger partial charge in [-0.2, -0.15) is 4.31 Å². The number of sulfonamides is 1. The van der Waals surface area contributed by atoms with Crippen molar-refractivity contribution in [3.8, 4) is 0 Å². The third-order valence-corrected chi connectivity index (χ3v) is 7.91. The van der Waals surface area contributed by atoms with Gasteiger partial charge < -0.3 is 5.32 Å². The number of amides is 1. The lowest BCUT2D eigenvalue weighted by atomic mass is 9.96. The SMILES string of the molecule is CCc1cccc(C)c1NC(=O)C1CCN(S(=O)(=O)c2ccc(C(C)C)cc2)CC1. The van der Waals surface area contributed by atoms with Crippen LogP contribution < -0.4 is 5.32 Å². The molecule has 0 bridgehead atoms. The number of para-hydroxylation sites is 1. The van der Waals surface area contributed by atoms with Crippen molar-refractivity contribution in [2.75, 3.05) is 18.4 Å². The van der Waals surface area contributed by atoms with Crippen molar-refractivity contribution >= 4 is 21.6 Å². The van der Waals surface area contributed by atoms with Crippen molar-refractivity contribution in [2.45, 2.75) is 57.8 Å². The van der Waals surface area contributed by atoms with Crippen LogP contribution in [0.4, 0.5) is 5.69 Å². The summed E-state index contributed by atoms with van der Waals surface area (Å²) < 4.78 is 27.5. The smallest absolute Gasteiger partial charge is 0.243 e. The van der Waals surface area contributed by atoms with Crippen LogP contribution >= 0.6 is 0 Å². The van der Waals surface area contributed by atoms with E-state index in [1.807, 2.05) is 37.3 Å². The van der Waals surface area contributed by atoms with Crippen LogP contribution in [0, 0.1) is 12.8 Å². The zero-order valence-electron chi connectivity index (χ0n) is 18.3. The van der Waals surface area contributed by atoms with Crippen LogP contribution in [0.2, 0.25) is 0 Å². The molecule has 162 valence electrons. The highest BCUT2D eigenvalue weighted by Crippen LogP contribution is 2.27. The van der Waals surface area contributed by atoms with E-state index >= 15 is 0 Å². The average Bonchev–Trinajstić information content (AvgIpc) is 2.75. The van der Waals surface area contributed by atoms with E-state index in [0.29, 0.717) is 36.7 Å². The van der Waals surface area contributed by atoms with Gasteiger partial charge in [0, 0.05) is 24.7 Å². The molecular formula is C24H32N2O3S. The fraction of sp³-hybridized carbons (Fsp3) is 0.458. The van der Waals surface area contributed by atoms with E-state index < -0.39 is 10.0 Å². The zero-order chi connectivity index (χ0) is 21.9. The minimum absolute atomic E-state index is 0.0164. The first-order valence-electron chi connectivity index (χ1n) is 10.7. The second-order valence-electron chi connectivity index (χ2n) is 8.35. The van der Waals surface area contributed by atoms with Crippen LogP contribution in [0.25, 0.3) is 0 Å². The molecule has 1 N–H and O–H groups in total. The number of carbonyl (C=O) groups is 1. The Kier molecular flexibility index (Phi) is 6.98. The fourth-order valence-electron chi connectivity index (χ4n) is 3.96. The first-order valence-corrected chi connectivity index (χ1v) is 12.2. The molecule has 0 aliphatic carbocycles. The van der Waals surface area contributed by atoms with E-state index in [2.05, 4.69) is 26.1 Å². The van der Waals surface area contributed by atoms with Gasteiger partial charge in [-0.1, -0.05) is 51.1 Å². The first kappa shape index (κ1) is 22.5. The van der Waals surface area contributed by atoms with Gasteiger partial charge in [-0.3, -0.25) is 4.79 Å². The highest BCUT2D eigenvalue weighted by molar-refractivity contribution is 7.89. The number of rotatable bonds is 6. The Morgan fingerprint density at radius 1 is 1.10 bits per heavy atom. The van der Waals surface area contributed by atoms with Crippen LogP contribution in [-0.4, -0.2) is 31.7 Å². The minimum Gasteiger partial charge on any atom is -0.325 e. The highest BCUT2D eigenvalue weighted by atomic mass is 32.2. The number of nitrogens with zero attached hydrogens (tertiary/aromatic N) is 1. The van der Waals surface area contributed by atoms with Gasteiger partial charge in [0.15, 0.2) is 0 Å². The molecule has 0 atom stereocenters. The number of aryl methyl sites for hydroxylation is 2. The third-order valence-electron chi connectivity index (χ3n) is 6.00. The molecule has 2 aromatic rings. The lowest BCUT2D eigenvalue weighted by molar-refractivity contribution is -0.120. The van der Waals surface area contributed by atoms with Crippen LogP contribution in [0.3, 0.4) is 0 Å². The van der Waals surface area contributed by atoms with E-state index in [1.54, 1.807) is 12.1 Å². The molecule has 3 rings (SSSR count). The molecule has 1 aliphatic heterocycles. The summed E-state index contributed by atoms with van der Waals surface area (Å²) in [6.45, 7) is 8.96. The molecule has 1 saturated heterocycles. The van der Waals surface area contributed by atoms with Crippen LogP contribution in [0.1, 0.15) is 56.2 Å². The molecule has 0 radical (unpaired) electrons. The molecule has 30 heavy (non-hydrogen) atoms. The molecule has 0 saturated carbocycles. The Labute approximate surface area is 180 Å². The van der Waals surface area contributed by atoms with Crippen molar-refractivity contribution in [3.63, 3.8) is 0 Å². The Balaban J connectivity index is 1.65. The summed E-state index contributed by atoms with van der Waals surface area (Å²) >= 11 is 0. The summed E-state index contributed by atoms with van der Waals surface area (Å²) in [5.74, 6) is 0.166. The average molecular weight is 429 g/mol. The van der Waals surface area contributed by atoms with Crippen LogP contribution in [0.15, 0.2) is 47.4 Å². The summed E-state index contributed by atoms with van der Waals surface area (Å²) in [6, 6.07) is 13.2. The molecule has 1 fully saturated rings. The molecule has 1 heterocycles. The maximum absolute atomic E-state index is 13.0. The molecule has 5 nitrogen and oxygen atoms in total. The van der Waals surface area contributed by atoms with Crippen LogP contribution in [0.5, 0.6) is 0 Å². The first-order chi connectivity index (χ1) is 14.2. The maximum atomic E-state index is 13.0. The van der Waals surface area contributed by atoms with Gasteiger partial charge in [-0.15, -0.1) is 0 Å². The van der Waals surface area contributed by atoms with Gasteiger partial charge in [-0.25, -0.2) is 8.42 Å². The second kappa shape index (κ2) is 9.31. The topological polar surface area (TPSA) is 66.5 Å². The van der Waals surface area contributed by atoms with E-state index in [9.17, 15) is 13.2 Å². The number of benzene rings is 2. The fourth-order valence-corrected chi connectivity index (χ4v) is 5.43. The summed E-state index contributed by atoms with van der Waals surface area (Å²) in [4.78, 5) is 13.2. The van der Waals surface area contributed by atoms with Crippen molar-refractivity contribution in [2.24, 2.45) is 5.92 Å². The molecule has 0 spiro atoms. The van der Waals surface area contributed by atoms with Crippen LogP contribution in [-0.2, 0) is 21.2 Å². The number of hydrogen-bond acceptors (Lipinski definition) is 3. The lowest BCUT2D eigenvalue weighted by Gasteiger charge is -2.31. The largest absolute Gasteiger partial charge is 0.325 e. The van der Waals surface area contributed by atoms with Crippen molar-refractivity contribution in [1.82, 2.24) is 4.31 Å². The van der Waals surface area contributed by atoms with Gasteiger partial charge in [0.1, 0.15) is 0 Å². The van der Waals surface area contributed by atoms with Crippen molar-refractivity contribution < 1.29 is 13.2 Å². The Bertz CT molecular complexity index is 990. The highest BCUT2D eigenvalue weighted by Gasteiger charge is 2.32. The molecule has 0 unspecified atom stereocenters. The summed E-state index contributed by atoms with van der Waals surface area (Å²) in [5, 5.41) is 3.09. The van der Waals surface area contributed by atoms with Gasteiger partial charge in [-0.05, 0) is 60.9 Å². The molecule has 0 aromatic heterocycles. The summed E-state index contributed by atoms with van der Waals surface area (Å²) in [7, 11) is -3.53. The van der Waals surface area contributed by atoms with Crippen molar-refractivity contribution in [3.05, 3.63) is 59.2 Å². The quantitative estimate of drug-likeness (QED) is 0.724. The molecule has 1 amide bonds. The number of hydrogen-bond donors (Lipinski definition) is 1. The van der Waals surface area contributed by atoms with Crippen molar-refractivity contribution in [1.29, 1.82) is 0 Å². The zero-order valence-corrected chi connectivity index (χ0v) is 19.1. The normalized spacial score (nSPS) is 16.0. The second-order valence-corrected chi connectivity index (χ2v) is 10.3. The predicted octanol–water partition coefficient (Wildman–Crippen LogP) is 4.72. The minimum atomic E-state index is -3.53.